The first kappa shape index (κ1) is 12.3. The van der Waals surface area contributed by atoms with Gasteiger partial charge in [-0.15, -0.1) is 0 Å². The number of thiocarbonyl (C=S) groups is 1. The molecule has 3 N–H and O–H groups in total. The number of hydrogen-bond donors (Lipinski definition) is 2. The van der Waals surface area contributed by atoms with Crippen LogP contribution in [-0.2, 0) is 0 Å². The molecule has 1 saturated carbocycles. The van der Waals surface area contributed by atoms with Crippen LogP contribution in [0.1, 0.15) is 23.2 Å². The van der Waals surface area contributed by atoms with E-state index in [1.165, 1.54) is 12.4 Å². The highest BCUT2D eigenvalue weighted by atomic mass is 35.5. The molecule has 0 aliphatic heterocycles. The second-order valence-electron chi connectivity index (χ2n) is 4.05. The Bertz CT molecular complexity index is 462. The van der Waals surface area contributed by atoms with Crippen LogP contribution in [0.5, 0.6) is 0 Å². The van der Waals surface area contributed by atoms with Crippen LogP contribution in [0.3, 0.4) is 0 Å². The summed E-state index contributed by atoms with van der Waals surface area (Å²) in [5.41, 5.74) is 6.01. The van der Waals surface area contributed by atoms with Crippen molar-refractivity contribution in [2.24, 2.45) is 11.7 Å². The Kier molecular flexibility index (Phi) is 3.59. The normalized spacial score (nSPS) is 16.3. The lowest BCUT2D eigenvalue weighted by molar-refractivity contribution is 0.0944. The molecule has 4 nitrogen and oxygen atoms in total. The van der Waals surface area contributed by atoms with Crippen LogP contribution in [0.25, 0.3) is 0 Å². The number of nitrogens with two attached hydrogens (primary N) is 1. The quantitative estimate of drug-likeness (QED) is 0.814. The molecule has 90 valence electrons. The van der Waals surface area contributed by atoms with Gasteiger partial charge in [0.1, 0.15) is 0 Å². The van der Waals surface area contributed by atoms with Gasteiger partial charge in [0.2, 0.25) is 0 Å². The summed E-state index contributed by atoms with van der Waals surface area (Å²) in [4.78, 5) is 16.1. The molecule has 1 amide bonds. The van der Waals surface area contributed by atoms with Crippen molar-refractivity contribution < 1.29 is 4.79 Å². The van der Waals surface area contributed by atoms with Crippen LogP contribution >= 0.6 is 23.8 Å². The maximum atomic E-state index is 12.0. The van der Waals surface area contributed by atoms with E-state index in [0.29, 0.717) is 21.5 Å². The molecule has 0 radical (unpaired) electrons. The molecule has 2 rings (SSSR count). The maximum Gasteiger partial charge on any atom is 0.253 e. The molecule has 1 atom stereocenters. The molecule has 1 aromatic rings. The Morgan fingerprint density at radius 3 is 2.88 bits per heavy atom. The molecule has 0 bridgehead atoms. The zero-order valence-electron chi connectivity index (χ0n) is 9.02. The number of rotatable bonds is 4. The molecule has 0 spiro atoms. The Morgan fingerprint density at radius 1 is 1.65 bits per heavy atom. The van der Waals surface area contributed by atoms with Crippen molar-refractivity contribution >= 4 is 34.7 Å². The molecule has 17 heavy (non-hydrogen) atoms. The van der Waals surface area contributed by atoms with Crippen molar-refractivity contribution in [3.05, 3.63) is 29.0 Å². The Balaban J connectivity index is 2.10. The molecule has 6 heteroatoms. The van der Waals surface area contributed by atoms with Crippen molar-refractivity contribution in [3.8, 4) is 0 Å². The fourth-order valence-corrected chi connectivity index (χ4v) is 2.09. The van der Waals surface area contributed by atoms with Crippen LogP contribution in [0.4, 0.5) is 0 Å². The van der Waals surface area contributed by atoms with E-state index >= 15 is 0 Å². The van der Waals surface area contributed by atoms with Gasteiger partial charge in [-0.2, -0.15) is 0 Å². The number of carbonyl (C=O) groups is 1. The summed E-state index contributed by atoms with van der Waals surface area (Å²) >= 11 is 10.8. The second kappa shape index (κ2) is 4.98. The van der Waals surface area contributed by atoms with Crippen molar-refractivity contribution in [1.82, 2.24) is 10.3 Å². The topological polar surface area (TPSA) is 68.0 Å². The van der Waals surface area contributed by atoms with Gasteiger partial charge in [0.05, 0.1) is 21.6 Å². The third kappa shape index (κ3) is 2.92. The van der Waals surface area contributed by atoms with E-state index in [4.69, 9.17) is 29.6 Å². The maximum absolute atomic E-state index is 12.0. The summed E-state index contributed by atoms with van der Waals surface area (Å²) in [5, 5.41) is 3.14. The van der Waals surface area contributed by atoms with Gasteiger partial charge in [-0.05, 0) is 24.8 Å². The zero-order chi connectivity index (χ0) is 12.4. The molecular formula is C11H12ClN3OS. The fraction of sp³-hybridized carbons (Fsp3) is 0.364. The summed E-state index contributed by atoms with van der Waals surface area (Å²) in [7, 11) is 0. The van der Waals surface area contributed by atoms with E-state index < -0.39 is 0 Å². The highest BCUT2D eigenvalue weighted by Crippen LogP contribution is 2.33. The van der Waals surface area contributed by atoms with E-state index in [0.717, 1.165) is 12.8 Å². The number of nitrogens with zero attached hydrogens (tertiary/aromatic N) is 1. The summed E-state index contributed by atoms with van der Waals surface area (Å²) in [6.45, 7) is 0. The van der Waals surface area contributed by atoms with Gasteiger partial charge in [-0.1, -0.05) is 23.8 Å². The summed E-state index contributed by atoms with van der Waals surface area (Å²) < 4.78 is 0. The number of amides is 1. The van der Waals surface area contributed by atoms with Gasteiger partial charge in [-0.25, -0.2) is 0 Å². The molecule has 1 aromatic heterocycles. The molecule has 0 aromatic carbocycles. The van der Waals surface area contributed by atoms with Gasteiger partial charge in [0.15, 0.2) is 0 Å². The van der Waals surface area contributed by atoms with Crippen molar-refractivity contribution in [2.75, 3.05) is 0 Å². The largest absolute Gasteiger partial charge is 0.392 e. The predicted octanol–water partition coefficient (Wildman–Crippen LogP) is 1.53. The van der Waals surface area contributed by atoms with Crippen LogP contribution in [-0.4, -0.2) is 21.9 Å². The minimum atomic E-state index is -0.262. The van der Waals surface area contributed by atoms with E-state index in [1.807, 2.05) is 0 Å². The zero-order valence-corrected chi connectivity index (χ0v) is 10.6. The summed E-state index contributed by atoms with van der Waals surface area (Å²) in [5.74, 6) is 0.110. The van der Waals surface area contributed by atoms with Crippen molar-refractivity contribution in [2.45, 2.75) is 18.9 Å². The Hall–Kier alpha value is -1.20. The van der Waals surface area contributed by atoms with E-state index in [-0.39, 0.29) is 11.9 Å². The molecule has 1 aliphatic carbocycles. The van der Waals surface area contributed by atoms with Gasteiger partial charge < -0.3 is 11.1 Å². The lowest BCUT2D eigenvalue weighted by Gasteiger charge is -2.16. The van der Waals surface area contributed by atoms with E-state index in [2.05, 4.69) is 10.3 Å². The van der Waals surface area contributed by atoms with Crippen LogP contribution < -0.4 is 11.1 Å². The number of carbonyl (C=O) groups excluding carboxylic acids is 1. The molecule has 0 saturated heterocycles. The van der Waals surface area contributed by atoms with Gasteiger partial charge in [-0.3, -0.25) is 9.78 Å². The molecule has 1 heterocycles. The third-order valence-corrected chi connectivity index (χ3v) is 3.26. The van der Waals surface area contributed by atoms with Crippen LogP contribution in [0, 0.1) is 5.92 Å². The highest BCUT2D eigenvalue weighted by molar-refractivity contribution is 7.80. The minimum Gasteiger partial charge on any atom is -0.392 e. The average molecular weight is 270 g/mol. The molecule has 1 aliphatic rings. The van der Waals surface area contributed by atoms with E-state index in [9.17, 15) is 4.79 Å². The molecular weight excluding hydrogens is 258 g/mol. The monoisotopic (exact) mass is 269 g/mol. The molecule has 1 unspecified atom stereocenters. The van der Waals surface area contributed by atoms with Crippen LogP contribution in [0.2, 0.25) is 5.02 Å². The highest BCUT2D eigenvalue weighted by Gasteiger charge is 2.34. The van der Waals surface area contributed by atoms with Crippen molar-refractivity contribution in [1.29, 1.82) is 0 Å². The summed E-state index contributed by atoms with van der Waals surface area (Å²) in [6, 6.07) is 1.34. The lowest BCUT2D eigenvalue weighted by Crippen LogP contribution is -2.45. The number of aromatic nitrogens is 1. The van der Waals surface area contributed by atoms with E-state index in [1.54, 1.807) is 6.07 Å². The fourth-order valence-electron chi connectivity index (χ4n) is 1.63. The third-order valence-electron chi connectivity index (χ3n) is 2.70. The standard InChI is InChI=1S/C11H12ClN3OS/c12-8-5-14-4-3-7(8)11(16)15-9(10(13)17)6-1-2-6/h3-6,9H,1-2H2,(H2,13,17)(H,15,16). The smallest absolute Gasteiger partial charge is 0.253 e. The first-order valence-electron chi connectivity index (χ1n) is 5.29. The van der Waals surface area contributed by atoms with Crippen molar-refractivity contribution in [3.63, 3.8) is 0 Å². The number of nitrogens with one attached hydrogen (secondary N) is 1. The van der Waals surface area contributed by atoms with Crippen LogP contribution in [0.15, 0.2) is 18.5 Å². The van der Waals surface area contributed by atoms with Gasteiger partial charge >= 0.3 is 0 Å². The first-order chi connectivity index (χ1) is 8.09. The SMILES string of the molecule is NC(=S)C(NC(=O)c1ccncc1Cl)C1CC1. The number of pyridine rings is 1. The Morgan fingerprint density at radius 2 is 2.35 bits per heavy atom. The predicted molar refractivity (Wildman–Crippen MR) is 70.0 cm³/mol. The first-order valence-corrected chi connectivity index (χ1v) is 6.08. The van der Waals surface area contributed by atoms with Gasteiger partial charge in [0.25, 0.3) is 5.91 Å². The van der Waals surface area contributed by atoms with Gasteiger partial charge in [0, 0.05) is 12.4 Å². The second-order valence-corrected chi connectivity index (χ2v) is 4.93. The summed E-state index contributed by atoms with van der Waals surface area (Å²) in [6.07, 6.45) is 5.05. The number of hydrogen-bond acceptors (Lipinski definition) is 3. The minimum absolute atomic E-state index is 0.235. The number of halogens is 1. The lowest BCUT2D eigenvalue weighted by atomic mass is 10.1. The average Bonchev–Trinajstić information content (AvgIpc) is 3.09. The molecule has 1 fully saturated rings. The Labute approximate surface area is 110 Å².